The molecule has 0 saturated carbocycles. The summed E-state index contributed by atoms with van der Waals surface area (Å²) in [4.78, 5) is -0.0241. The predicted octanol–water partition coefficient (Wildman–Crippen LogP) is 5.08. The van der Waals surface area contributed by atoms with Gasteiger partial charge in [0.2, 0.25) is 0 Å². The van der Waals surface area contributed by atoms with Gasteiger partial charge in [-0.3, -0.25) is 0 Å². The number of nitriles is 1. The molecule has 2 heterocycles. The molecule has 1 aromatic heterocycles. The van der Waals surface area contributed by atoms with Crippen molar-refractivity contribution < 1.29 is 16.8 Å². The SMILES string of the molecule is N#Cc1cc2c(cc1Cl)SC(N(c1ccccc1)S(=O)(=O)c1ccc(Br)s1)=NS2(=O)=O. The standard InChI is InChI=1S/C18H9BrClN3O4S4/c19-16-6-7-17(29-16)31(26,27)23(12-4-2-1-3-5-12)18-22-30(24,25)15-8-11(10-21)13(20)9-14(15)28-18/h1-9H. The van der Waals surface area contributed by atoms with Crippen LogP contribution in [0.25, 0.3) is 0 Å². The largest absolute Gasteiger partial charge is 0.285 e. The van der Waals surface area contributed by atoms with E-state index in [0.717, 1.165) is 33.5 Å². The van der Waals surface area contributed by atoms with Crippen molar-refractivity contribution in [1.82, 2.24) is 0 Å². The van der Waals surface area contributed by atoms with Crippen molar-refractivity contribution in [2.24, 2.45) is 4.40 Å². The lowest BCUT2D eigenvalue weighted by atomic mass is 10.2. The fourth-order valence-electron chi connectivity index (χ4n) is 2.69. The van der Waals surface area contributed by atoms with Crippen LogP contribution in [-0.2, 0) is 20.0 Å². The predicted molar refractivity (Wildman–Crippen MR) is 125 cm³/mol. The van der Waals surface area contributed by atoms with Crippen LogP contribution < -0.4 is 4.31 Å². The Morgan fingerprint density at radius 1 is 1.13 bits per heavy atom. The van der Waals surface area contributed by atoms with Gasteiger partial charge >= 0.3 is 0 Å². The Kier molecular flexibility index (Phi) is 5.93. The zero-order valence-corrected chi connectivity index (χ0v) is 20.7. The maximum absolute atomic E-state index is 13.5. The molecule has 1 aliphatic heterocycles. The molecule has 2 aromatic carbocycles. The van der Waals surface area contributed by atoms with Crippen molar-refractivity contribution in [3.05, 3.63) is 69.0 Å². The number of sulfonamides is 2. The number of benzene rings is 2. The first-order chi connectivity index (χ1) is 14.6. The summed E-state index contributed by atoms with van der Waals surface area (Å²) in [5.74, 6) is 0. The lowest BCUT2D eigenvalue weighted by Gasteiger charge is -2.27. The highest BCUT2D eigenvalue weighted by Gasteiger charge is 2.37. The van der Waals surface area contributed by atoms with Crippen LogP contribution in [-0.4, -0.2) is 22.0 Å². The number of fused-ring (bicyclic) bond motifs is 1. The fraction of sp³-hybridized carbons (Fsp3) is 0. The van der Waals surface area contributed by atoms with E-state index in [-0.39, 0.29) is 35.4 Å². The Balaban J connectivity index is 1.93. The molecule has 158 valence electrons. The molecule has 0 N–H and O–H groups in total. The molecule has 0 spiro atoms. The molecule has 0 radical (unpaired) electrons. The van der Waals surface area contributed by atoms with E-state index in [9.17, 15) is 16.8 Å². The van der Waals surface area contributed by atoms with Gasteiger partial charge in [-0.15, -0.1) is 15.7 Å². The van der Waals surface area contributed by atoms with E-state index in [1.165, 1.54) is 24.3 Å². The fourth-order valence-corrected chi connectivity index (χ4v) is 9.41. The number of halogens is 2. The van der Waals surface area contributed by atoms with Crippen LogP contribution in [0, 0.1) is 11.3 Å². The molecular formula is C18H9BrClN3O4S4. The second-order valence-electron chi connectivity index (χ2n) is 6.01. The van der Waals surface area contributed by atoms with Gasteiger partial charge in [-0.1, -0.05) is 29.8 Å². The highest BCUT2D eigenvalue weighted by atomic mass is 79.9. The molecule has 4 rings (SSSR count). The average Bonchev–Trinajstić information content (AvgIpc) is 3.15. The van der Waals surface area contributed by atoms with Crippen molar-refractivity contribution >= 4 is 81.5 Å². The lowest BCUT2D eigenvalue weighted by Crippen LogP contribution is -2.36. The zero-order chi connectivity index (χ0) is 22.4. The number of hydrogen-bond acceptors (Lipinski definition) is 7. The highest BCUT2D eigenvalue weighted by Crippen LogP contribution is 2.41. The molecule has 3 aromatic rings. The normalized spacial score (nSPS) is 14.9. The minimum atomic E-state index is -4.29. The Hall–Kier alpha value is -1.88. The van der Waals surface area contributed by atoms with Crippen LogP contribution >= 0.6 is 50.6 Å². The van der Waals surface area contributed by atoms with Crippen LogP contribution in [0.5, 0.6) is 0 Å². The number of rotatable bonds is 3. The van der Waals surface area contributed by atoms with Gasteiger partial charge in [-0.05, 0) is 64.1 Å². The Morgan fingerprint density at radius 3 is 2.45 bits per heavy atom. The van der Waals surface area contributed by atoms with E-state index in [1.54, 1.807) is 24.3 Å². The Bertz CT molecular complexity index is 1480. The third kappa shape index (κ3) is 4.13. The molecule has 0 fully saturated rings. The number of para-hydroxylation sites is 1. The number of thiophene rings is 1. The molecule has 0 atom stereocenters. The minimum absolute atomic E-state index is 0.00702. The second-order valence-corrected chi connectivity index (χ2v) is 13.5. The summed E-state index contributed by atoms with van der Waals surface area (Å²) in [6.45, 7) is 0. The molecule has 0 bridgehead atoms. The molecule has 31 heavy (non-hydrogen) atoms. The molecule has 0 amide bonds. The third-order valence-corrected chi connectivity index (χ3v) is 10.8. The number of anilines is 1. The van der Waals surface area contributed by atoms with Gasteiger partial charge < -0.3 is 0 Å². The highest BCUT2D eigenvalue weighted by molar-refractivity contribution is 9.11. The smallest absolute Gasteiger partial charge is 0.210 e. The molecular weight excluding hydrogens is 566 g/mol. The number of amidine groups is 1. The van der Waals surface area contributed by atoms with Gasteiger partial charge in [-0.2, -0.15) is 22.1 Å². The van der Waals surface area contributed by atoms with E-state index in [0.29, 0.717) is 3.79 Å². The monoisotopic (exact) mass is 573 g/mol. The van der Waals surface area contributed by atoms with Gasteiger partial charge in [0.15, 0.2) is 5.17 Å². The molecule has 0 unspecified atom stereocenters. The van der Waals surface area contributed by atoms with Crippen molar-refractivity contribution in [1.29, 1.82) is 5.26 Å². The van der Waals surface area contributed by atoms with Crippen LogP contribution in [0.1, 0.15) is 5.56 Å². The van der Waals surface area contributed by atoms with Crippen molar-refractivity contribution in [2.75, 3.05) is 4.31 Å². The maximum atomic E-state index is 13.5. The van der Waals surface area contributed by atoms with Crippen molar-refractivity contribution in [3.63, 3.8) is 0 Å². The van der Waals surface area contributed by atoms with Gasteiger partial charge in [0.25, 0.3) is 20.0 Å². The first-order valence-corrected chi connectivity index (χ1v) is 13.9. The summed E-state index contributed by atoms with van der Waals surface area (Å²) in [5, 5.41) is 8.93. The summed E-state index contributed by atoms with van der Waals surface area (Å²) in [5.41, 5.74) is 0.205. The molecule has 1 aliphatic rings. The van der Waals surface area contributed by atoms with Crippen molar-refractivity contribution in [2.45, 2.75) is 14.0 Å². The average molecular weight is 575 g/mol. The van der Waals surface area contributed by atoms with Crippen LogP contribution in [0.2, 0.25) is 5.02 Å². The van der Waals surface area contributed by atoms with Gasteiger partial charge in [0, 0.05) is 4.90 Å². The number of nitrogens with zero attached hydrogens (tertiary/aromatic N) is 3. The van der Waals surface area contributed by atoms with Gasteiger partial charge in [0.05, 0.1) is 20.1 Å². The number of hydrogen-bond donors (Lipinski definition) is 0. The van der Waals surface area contributed by atoms with Crippen LogP contribution in [0.3, 0.4) is 0 Å². The zero-order valence-electron chi connectivity index (χ0n) is 15.1. The summed E-state index contributed by atoms with van der Waals surface area (Å²) >= 11 is 11.2. The van der Waals surface area contributed by atoms with E-state index in [2.05, 4.69) is 20.3 Å². The summed E-state index contributed by atoms with van der Waals surface area (Å²) in [7, 11) is -8.47. The van der Waals surface area contributed by atoms with Crippen molar-refractivity contribution in [3.8, 4) is 6.07 Å². The van der Waals surface area contributed by atoms with E-state index >= 15 is 0 Å². The quantitative estimate of drug-likeness (QED) is 0.432. The molecule has 0 saturated heterocycles. The molecule has 0 aliphatic carbocycles. The lowest BCUT2D eigenvalue weighted by molar-refractivity contribution is 0.595. The van der Waals surface area contributed by atoms with Crippen LogP contribution in [0.4, 0.5) is 5.69 Å². The van der Waals surface area contributed by atoms with E-state index in [1.807, 2.05) is 6.07 Å². The van der Waals surface area contributed by atoms with E-state index < -0.39 is 20.0 Å². The number of thioether (sulfide) groups is 1. The van der Waals surface area contributed by atoms with Crippen LogP contribution in [0.15, 0.2) is 76.8 Å². The summed E-state index contributed by atoms with van der Waals surface area (Å²) in [6, 6.07) is 15.4. The summed E-state index contributed by atoms with van der Waals surface area (Å²) in [6.07, 6.45) is 0. The molecule has 7 nitrogen and oxygen atoms in total. The van der Waals surface area contributed by atoms with E-state index in [4.69, 9.17) is 16.9 Å². The topological polar surface area (TPSA) is 108 Å². The first kappa shape index (κ1) is 22.3. The van der Waals surface area contributed by atoms with Gasteiger partial charge in [0.1, 0.15) is 15.2 Å². The molecule has 13 heteroatoms. The Labute approximate surface area is 200 Å². The maximum Gasteiger partial charge on any atom is 0.285 e. The first-order valence-electron chi connectivity index (χ1n) is 8.26. The second kappa shape index (κ2) is 8.23. The third-order valence-electron chi connectivity index (χ3n) is 4.04. The minimum Gasteiger partial charge on any atom is -0.210 e. The Morgan fingerprint density at radius 2 is 1.84 bits per heavy atom. The summed E-state index contributed by atoms with van der Waals surface area (Å²) < 4.78 is 58.0. The van der Waals surface area contributed by atoms with Gasteiger partial charge in [-0.25, -0.2) is 4.31 Å².